The number of benzene rings is 2. The van der Waals surface area contributed by atoms with E-state index in [2.05, 4.69) is 75.3 Å². The minimum absolute atomic E-state index is 0.445. The van der Waals surface area contributed by atoms with Crippen molar-refractivity contribution in [3.63, 3.8) is 0 Å². The summed E-state index contributed by atoms with van der Waals surface area (Å²) in [6.45, 7) is 4.83. The number of hydrogen-bond acceptors (Lipinski definition) is 4. The Bertz CT molecular complexity index is 1090. The highest BCUT2D eigenvalue weighted by atomic mass is 35.5. The van der Waals surface area contributed by atoms with E-state index in [0.29, 0.717) is 5.92 Å². The van der Waals surface area contributed by atoms with Crippen molar-refractivity contribution < 1.29 is 5.11 Å². The van der Waals surface area contributed by atoms with E-state index >= 15 is 0 Å². The molecule has 0 spiro atoms. The number of aliphatic hydroxyl groups is 1. The average molecular weight is 507 g/mol. The fourth-order valence-corrected chi connectivity index (χ4v) is 6.36. The van der Waals surface area contributed by atoms with Gasteiger partial charge in [0.05, 0.1) is 5.60 Å². The Morgan fingerprint density at radius 1 is 1.00 bits per heavy atom. The van der Waals surface area contributed by atoms with Crippen LogP contribution in [-0.2, 0) is 13.0 Å². The average Bonchev–Trinajstić information content (AvgIpc) is 3.53. The number of hydrogen-bond donors (Lipinski definition) is 1. The van der Waals surface area contributed by atoms with Gasteiger partial charge in [0.15, 0.2) is 0 Å². The number of halogens is 1. The summed E-state index contributed by atoms with van der Waals surface area (Å²) >= 11 is 7.86. The van der Waals surface area contributed by atoms with Crippen molar-refractivity contribution in [1.29, 1.82) is 0 Å². The maximum absolute atomic E-state index is 11.2. The van der Waals surface area contributed by atoms with Crippen molar-refractivity contribution in [2.24, 2.45) is 0 Å². The second-order valence-electron chi connectivity index (χ2n) is 10.2. The monoisotopic (exact) mass is 506 g/mol. The summed E-state index contributed by atoms with van der Waals surface area (Å²) in [5.41, 5.74) is 5.06. The first-order chi connectivity index (χ1) is 17.1. The van der Waals surface area contributed by atoms with Crippen molar-refractivity contribution in [3.8, 4) is 0 Å². The van der Waals surface area contributed by atoms with Crippen molar-refractivity contribution in [2.75, 3.05) is 26.2 Å². The van der Waals surface area contributed by atoms with Gasteiger partial charge in [-0.05, 0) is 83.3 Å². The minimum Gasteiger partial charge on any atom is -0.390 e. The van der Waals surface area contributed by atoms with E-state index in [1.807, 2.05) is 12.1 Å². The maximum Gasteiger partial charge on any atom is 0.0681 e. The normalized spacial score (nSPS) is 21.6. The quantitative estimate of drug-likeness (QED) is 0.366. The van der Waals surface area contributed by atoms with Gasteiger partial charge in [-0.1, -0.05) is 54.1 Å². The van der Waals surface area contributed by atoms with Crippen LogP contribution in [0.4, 0.5) is 0 Å². The highest BCUT2D eigenvalue weighted by molar-refractivity contribution is 7.08. The first-order valence-electron chi connectivity index (χ1n) is 12.8. The zero-order valence-electron chi connectivity index (χ0n) is 20.3. The van der Waals surface area contributed by atoms with E-state index < -0.39 is 5.60 Å². The molecule has 3 heterocycles. The lowest BCUT2D eigenvalue weighted by atomic mass is 9.86. The molecule has 3 aromatic rings. The molecule has 2 aliphatic heterocycles. The smallest absolute Gasteiger partial charge is 0.0681 e. The van der Waals surface area contributed by atoms with Crippen LogP contribution < -0.4 is 0 Å². The number of rotatable bonds is 8. The Balaban J connectivity index is 1.19. The number of thiophene rings is 1. The summed E-state index contributed by atoms with van der Waals surface area (Å²) in [7, 11) is 0. The molecule has 1 atom stereocenters. The molecule has 2 aliphatic rings. The van der Waals surface area contributed by atoms with E-state index in [0.717, 1.165) is 69.9 Å². The lowest BCUT2D eigenvalue weighted by molar-refractivity contribution is -0.0198. The summed E-state index contributed by atoms with van der Waals surface area (Å²) in [5, 5.41) is 16.5. The predicted molar refractivity (Wildman–Crippen MR) is 147 cm³/mol. The van der Waals surface area contributed by atoms with Crippen LogP contribution in [0, 0.1) is 0 Å². The van der Waals surface area contributed by atoms with Crippen molar-refractivity contribution in [3.05, 3.63) is 105 Å². The van der Waals surface area contributed by atoms with Gasteiger partial charge >= 0.3 is 0 Å². The van der Waals surface area contributed by atoms with Crippen molar-refractivity contribution in [2.45, 2.75) is 50.2 Å². The lowest BCUT2D eigenvalue weighted by Crippen LogP contribution is -2.42. The van der Waals surface area contributed by atoms with Gasteiger partial charge in [0.2, 0.25) is 0 Å². The molecule has 1 N–H and O–H groups in total. The molecular formula is C30H35ClN2OS. The first-order valence-corrected chi connectivity index (χ1v) is 14.1. The number of piperidine rings is 1. The number of nitrogens with zero attached hydrogens (tertiary/aromatic N) is 2. The van der Waals surface area contributed by atoms with E-state index in [9.17, 15) is 5.11 Å². The third-order valence-electron chi connectivity index (χ3n) is 7.59. The molecule has 5 heteroatoms. The highest BCUT2D eigenvalue weighted by Crippen LogP contribution is 2.36. The Morgan fingerprint density at radius 2 is 1.77 bits per heavy atom. The van der Waals surface area contributed by atoms with Gasteiger partial charge in [-0.25, -0.2) is 0 Å². The first kappa shape index (κ1) is 24.6. The molecular weight excluding hydrogens is 472 g/mol. The molecule has 1 unspecified atom stereocenters. The Labute approximate surface area is 218 Å². The second-order valence-corrected chi connectivity index (χ2v) is 11.4. The summed E-state index contributed by atoms with van der Waals surface area (Å²) < 4.78 is 0. The van der Waals surface area contributed by atoms with Crippen LogP contribution in [-0.4, -0.2) is 46.7 Å². The molecule has 2 saturated heterocycles. The number of aryl methyl sites for hydroxylation is 1. The predicted octanol–water partition coefficient (Wildman–Crippen LogP) is 6.73. The lowest BCUT2D eigenvalue weighted by Gasteiger charge is -2.38. The van der Waals surface area contributed by atoms with Gasteiger partial charge in [0, 0.05) is 49.9 Å². The van der Waals surface area contributed by atoms with E-state index in [1.54, 1.807) is 11.3 Å². The highest BCUT2D eigenvalue weighted by Gasteiger charge is 2.33. The third kappa shape index (κ3) is 6.56. The number of likely N-dealkylation sites (tertiary alicyclic amines) is 2. The van der Waals surface area contributed by atoms with Crippen LogP contribution in [0.1, 0.15) is 48.3 Å². The summed E-state index contributed by atoms with van der Waals surface area (Å²) in [4.78, 5) is 4.99. The molecule has 0 radical (unpaired) electrons. The molecule has 184 valence electrons. The molecule has 1 aromatic heterocycles. The summed E-state index contributed by atoms with van der Waals surface area (Å²) in [6, 6.07) is 21.1. The SMILES string of the molecule is OC1(CCCc2ccccc2)CCN(/C=C2\CN(Cc3ccc(Cl)cc3)CC2c2ccsc2)CC1. The van der Waals surface area contributed by atoms with Gasteiger partial charge in [0.25, 0.3) is 0 Å². The fourth-order valence-electron chi connectivity index (χ4n) is 5.52. The van der Waals surface area contributed by atoms with Crippen LogP contribution in [0.25, 0.3) is 0 Å². The summed E-state index contributed by atoms with van der Waals surface area (Å²) in [5.74, 6) is 0.445. The zero-order chi connectivity index (χ0) is 24.1. The minimum atomic E-state index is -0.521. The Morgan fingerprint density at radius 3 is 2.49 bits per heavy atom. The van der Waals surface area contributed by atoms with Crippen LogP contribution in [0.5, 0.6) is 0 Å². The molecule has 2 fully saturated rings. The topological polar surface area (TPSA) is 26.7 Å². The van der Waals surface area contributed by atoms with E-state index in [4.69, 9.17) is 11.6 Å². The molecule has 2 aromatic carbocycles. The Kier molecular flexibility index (Phi) is 7.94. The van der Waals surface area contributed by atoms with Gasteiger partial charge < -0.3 is 10.0 Å². The third-order valence-corrected chi connectivity index (χ3v) is 8.54. The standard InChI is InChI=1S/C30H35ClN2OS/c31-28-10-8-25(9-11-28)19-33-21-27(29(22-33)26-12-18-35-23-26)20-32-16-14-30(34,15-17-32)13-4-7-24-5-2-1-3-6-24/h1-3,5-6,8-12,18,20,23,29,34H,4,7,13-17,19,21-22H2/b27-20+. The summed E-state index contributed by atoms with van der Waals surface area (Å²) in [6.07, 6.45) is 7.09. The largest absolute Gasteiger partial charge is 0.390 e. The van der Waals surface area contributed by atoms with Gasteiger partial charge in [-0.3, -0.25) is 4.90 Å². The molecule has 35 heavy (non-hydrogen) atoms. The van der Waals surface area contributed by atoms with E-state index in [1.165, 1.54) is 22.3 Å². The van der Waals surface area contributed by atoms with Gasteiger partial charge in [-0.2, -0.15) is 11.3 Å². The molecule has 0 saturated carbocycles. The zero-order valence-corrected chi connectivity index (χ0v) is 21.9. The molecule has 5 rings (SSSR count). The van der Waals surface area contributed by atoms with Crippen molar-refractivity contribution >= 4 is 22.9 Å². The molecule has 3 nitrogen and oxygen atoms in total. The van der Waals surface area contributed by atoms with Crippen LogP contribution in [0.2, 0.25) is 5.02 Å². The fraction of sp³-hybridized carbons (Fsp3) is 0.400. The molecule has 0 aliphatic carbocycles. The van der Waals surface area contributed by atoms with Crippen LogP contribution in [0.15, 0.2) is 83.2 Å². The van der Waals surface area contributed by atoms with Gasteiger partial charge in [-0.15, -0.1) is 0 Å². The van der Waals surface area contributed by atoms with Gasteiger partial charge in [0.1, 0.15) is 0 Å². The van der Waals surface area contributed by atoms with E-state index in [-0.39, 0.29) is 0 Å². The molecule has 0 bridgehead atoms. The van der Waals surface area contributed by atoms with Crippen LogP contribution >= 0.6 is 22.9 Å². The maximum atomic E-state index is 11.2. The second kappa shape index (κ2) is 11.3. The molecule has 0 amide bonds. The Hall–Kier alpha value is -2.11. The van der Waals surface area contributed by atoms with Crippen LogP contribution in [0.3, 0.4) is 0 Å². The van der Waals surface area contributed by atoms with Crippen molar-refractivity contribution in [1.82, 2.24) is 9.80 Å².